The van der Waals surface area contributed by atoms with Crippen molar-refractivity contribution in [3.8, 4) is 22.6 Å². The molecule has 3 N–H and O–H groups in total. The molecule has 0 fully saturated rings. The van der Waals surface area contributed by atoms with Gasteiger partial charge in [0.25, 0.3) is 5.91 Å². The summed E-state index contributed by atoms with van der Waals surface area (Å²) >= 11 is 0. The summed E-state index contributed by atoms with van der Waals surface area (Å²) in [6.45, 7) is 1.78. The molecule has 0 unspecified atom stereocenters. The van der Waals surface area contributed by atoms with Crippen LogP contribution in [-0.4, -0.2) is 16.1 Å². The summed E-state index contributed by atoms with van der Waals surface area (Å²) in [7, 11) is 0. The first-order valence-electron chi connectivity index (χ1n) is 7.53. The topological polar surface area (TPSA) is 69.6 Å². The smallest absolute Gasteiger partial charge is 0.255 e. The van der Waals surface area contributed by atoms with Crippen molar-refractivity contribution in [3.05, 3.63) is 77.9 Å². The molecule has 3 rings (SSSR count). The summed E-state index contributed by atoms with van der Waals surface area (Å²) in [5.74, 6) is 0.211. The van der Waals surface area contributed by atoms with Crippen LogP contribution in [0.5, 0.6) is 11.5 Å². The molecule has 0 bridgehead atoms. The highest BCUT2D eigenvalue weighted by Crippen LogP contribution is 2.23. The van der Waals surface area contributed by atoms with Crippen LogP contribution in [0.3, 0.4) is 0 Å². The van der Waals surface area contributed by atoms with Crippen LogP contribution < -0.4 is 5.32 Å². The van der Waals surface area contributed by atoms with Gasteiger partial charge in [-0.2, -0.15) is 0 Å². The number of anilines is 1. The standard InChI is InChI=1S/C20H17NO3/c1-13-12-17(8-11-19(13)23)21-20(24)16-4-2-14(3-5-16)15-6-9-18(22)10-7-15/h2-12,22-23H,1H3,(H,21,24). The molecular weight excluding hydrogens is 302 g/mol. The van der Waals surface area contributed by atoms with Crippen molar-refractivity contribution in [2.75, 3.05) is 5.32 Å². The highest BCUT2D eigenvalue weighted by atomic mass is 16.3. The first-order chi connectivity index (χ1) is 11.5. The molecule has 0 atom stereocenters. The molecule has 0 aliphatic heterocycles. The number of aromatic hydroxyl groups is 2. The average Bonchev–Trinajstić information content (AvgIpc) is 2.59. The third-order valence-corrected chi connectivity index (χ3v) is 3.80. The van der Waals surface area contributed by atoms with E-state index < -0.39 is 0 Å². The van der Waals surface area contributed by atoms with Crippen molar-refractivity contribution in [1.29, 1.82) is 0 Å². The van der Waals surface area contributed by atoms with Gasteiger partial charge < -0.3 is 15.5 Å². The average molecular weight is 319 g/mol. The maximum absolute atomic E-state index is 12.3. The van der Waals surface area contributed by atoms with Crippen molar-refractivity contribution in [2.24, 2.45) is 0 Å². The minimum Gasteiger partial charge on any atom is -0.508 e. The molecule has 24 heavy (non-hydrogen) atoms. The molecule has 3 aromatic rings. The van der Waals surface area contributed by atoms with Gasteiger partial charge in [0.05, 0.1) is 0 Å². The summed E-state index contributed by atoms with van der Waals surface area (Å²) in [5, 5.41) is 21.7. The van der Waals surface area contributed by atoms with Crippen LogP contribution in [0, 0.1) is 6.92 Å². The zero-order chi connectivity index (χ0) is 17.1. The van der Waals surface area contributed by atoms with Crippen molar-refractivity contribution >= 4 is 11.6 Å². The Bertz CT molecular complexity index is 868. The Labute approximate surface area is 140 Å². The van der Waals surface area contributed by atoms with E-state index in [0.29, 0.717) is 16.8 Å². The van der Waals surface area contributed by atoms with E-state index >= 15 is 0 Å². The van der Waals surface area contributed by atoms with Crippen LogP contribution in [0.2, 0.25) is 0 Å². The van der Waals surface area contributed by atoms with Gasteiger partial charge in [0, 0.05) is 11.3 Å². The number of phenolic OH excluding ortho intramolecular Hbond substituents is 2. The van der Waals surface area contributed by atoms with E-state index in [2.05, 4.69) is 5.32 Å². The fourth-order valence-corrected chi connectivity index (χ4v) is 2.40. The number of aryl methyl sites for hydroxylation is 1. The summed E-state index contributed by atoms with van der Waals surface area (Å²) in [6, 6.07) is 19.1. The van der Waals surface area contributed by atoms with E-state index in [4.69, 9.17) is 0 Å². The lowest BCUT2D eigenvalue weighted by molar-refractivity contribution is 0.102. The summed E-state index contributed by atoms with van der Waals surface area (Å²) in [5.41, 5.74) is 3.82. The van der Waals surface area contributed by atoms with Gasteiger partial charge in [0.1, 0.15) is 11.5 Å². The second-order valence-corrected chi connectivity index (χ2v) is 5.58. The van der Waals surface area contributed by atoms with Gasteiger partial charge in [-0.3, -0.25) is 4.79 Å². The zero-order valence-corrected chi connectivity index (χ0v) is 13.2. The number of hydrogen-bond acceptors (Lipinski definition) is 3. The molecule has 0 saturated heterocycles. The lowest BCUT2D eigenvalue weighted by Crippen LogP contribution is -2.11. The Balaban J connectivity index is 1.76. The largest absolute Gasteiger partial charge is 0.508 e. The minimum atomic E-state index is -0.211. The van der Waals surface area contributed by atoms with Crippen LogP contribution in [0.25, 0.3) is 11.1 Å². The number of hydrogen-bond donors (Lipinski definition) is 3. The summed E-state index contributed by atoms with van der Waals surface area (Å²) in [4.78, 5) is 12.3. The molecule has 0 heterocycles. The van der Waals surface area contributed by atoms with Gasteiger partial charge >= 0.3 is 0 Å². The third-order valence-electron chi connectivity index (χ3n) is 3.80. The van der Waals surface area contributed by atoms with Crippen LogP contribution in [0.15, 0.2) is 66.7 Å². The highest BCUT2D eigenvalue weighted by Gasteiger charge is 2.07. The molecule has 4 nitrogen and oxygen atoms in total. The lowest BCUT2D eigenvalue weighted by Gasteiger charge is -2.08. The van der Waals surface area contributed by atoms with E-state index in [-0.39, 0.29) is 17.4 Å². The molecule has 0 aromatic heterocycles. The zero-order valence-electron chi connectivity index (χ0n) is 13.2. The third kappa shape index (κ3) is 3.38. The van der Waals surface area contributed by atoms with E-state index in [0.717, 1.165) is 11.1 Å². The van der Waals surface area contributed by atoms with Crippen LogP contribution in [-0.2, 0) is 0 Å². The normalized spacial score (nSPS) is 10.4. The second kappa shape index (κ2) is 6.46. The molecule has 0 aliphatic rings. The maximum Gasteiger partial charge on any atom is 0.255 e. The molecule has 0 aliphatic carbocycles. The van der Waals surface area contributed by atoms with Gasteiger partial charge in [-0.05, 0) is 66.1 Å². The molecule has 0 saturated carbocycles. The predicted octanol–water partition coefficient (Wildman–Crippen LogP) is 4.33. The molecule has 0 spiro atoms. The number of benzene rings is 3. The van der Waals surface area contributed by atoms with Gasteiger partial charge in [0.15, 0.2) is 0 Å². The van der Waals surface area contributed by atoms with E-state index in [1.54, 1.807) is 49.4 Å². The number of rotatable bonds is 3. The second-order valence-electron chi connectivity index (χ2n) is 5.58. The van der Waals surface area contributed by atoms with Crippen molar-refractivity contribution < 1.29 is 15.0 Å². The van der Waals surface area contributed by atoms with Gasteiger partial charge in [-0.15, -0.1) is 0 Å². The Morgan fingerprint density at radius 2 is 1.42 bits per heavy atom. The van der Waals surface area contributed by atoms with Gasteiger partial charge in [0.2, 0.25) is 0 Å². The summed E-state index contributed by atoms with van der Waals surface area (Å²) in [6.07, 6.45) is 0. The fourth-order valence-electron chi connectivity index (χ4n) is 2.40. The van der Waals surface area contributed by atoms with Gasteiger partial charge in [-0.1, -0.05) is 24.3 Å². The van der Waals surface area contributed by atoms with Crippen LogP contribution >= 0.6 is 0 Å². The predicted molar refractivity (Wildman–Crippen MR) is 94.3 cm³/mol. The first-order valence-corrected chi connectivity index (χ1v) is 7.53. The molecular formula is C20H17NO3. The van der Waals surface area contributed by atoms with E-state index in [1.165, 1.54) is 0 Å². The number of carbonyl (C=O) groups is 1. The lowest BCUT2D eigenvalue weighted by atomic mass is 10.0. The Morgan fingerprint density at radius 1 is 0.833 bits per heavy atom. The Kier molecular flexibility index (Phi) is 4.20. The van der Waals surface area contributed by atoms with Gasteiger partial charge in [-0.25, -0.2) is 0 Å². The van der Waals surface area contributed by atoms with E-state index in [9.17, 15) is 15.0 Å². The summed E-state index contributed by atoms with van der Waals surface area (Å²) < 4.78 is 0. The molecule has 120 valence electrons. The number of phenols is 2. The first kappa shape index (κ1) is 15.6. The molecule has 4 heteroatoms. The highest BCUT2D eigenvalue weighted by molar-refractivity contribution is 6.04. The Hall–Kier alpha value is -3.27. The number of amides is 1. The van der Waals surface area contributed by atoms with E-state index in [1.807, 2.05) is 24.3 Å². The quantitative estimate of drug-likeness (QED) is 0.629. The number of nitrogens with one attached hydrogen (secondary N) is 1. The molecule has 0 radical (unpaired) electrons. The molecule has 1 amide bonds. The number of carbonyl (C=O) groups excluding carboxylic acids is 1. The minimum absolute atomic E-state index is 0.200. The van der Waals surface area contributed by atoms with Crippen molar-refractivity contribution in [1.82, 2.24) is 0 Å². The monoisotopic (exact) mass is 319 g/mol. The van der Waals surface area contributed by atoms with Crippen molar-refractivity contribution in [3.63, 3.8) is 0 Å². The Morgan fingerprint density at radius 3 is 2.00 bits per heavy atom. The van der Waals surface area contributed by atoms with Crippen LogP contribution in [0.4, 0.5) is 5.69 Å². The van der Waals surface area contributed by atoms with Crippen molar-refractivity contribution in [2.45, 2.75) is 6.92 Å². The molecule has 3 aromatic carbocycles. The SMILES string of the molecule is Cc1cc(NC(=O)c2ccc(-c3ccc(O)cc3)cc2)ccc1O. The fraction of sp³-hybridized carbons (Fsp3) is 0.0500. The maximum atomic E-state index is 12.3. The van der Waals surface area contributed by atoms with Crippen LogP contribution in [0.1, 0.15) is 15.9 Å².